The van der Waals surface area contributed by atoms with Crippen LogP contribution in [0.1, 0.15) is 36.0 Å². The van der Waals surface area contributed by atoms with E-state index in [1.54, 1.807) is 6.07 Å². The fourth-order valence-corrected chi connectivity index (χ4v) is 3.30. The minimum atomic E-state index is -0.559. The molecule has 5 heteroatoms. The maximum atomic E-state index is 13.3. The average Bonchev–Trinajstić information content (AvgIpc) is 2.42. The minimum absolute atomic E-state index is 0.104. The van der Waals surface area contributed by atoms with Gasteiger partial charge in [-0.3, -0.25) is 4.79 Å². The molecule has 0 aromatic heterocycles. The molecule has 2 unspecified atom stereocenters. The molecule has 1 aliphatic rings. The summed E-state index contributed by atoms with van der Waals surface area (Å²) < 4.78 is 13.3. The first kappa shape index (κ1) is 14.8. The molecule has 2 nitrogen and oxygen atoms in total. The summed E-state index contributed by atoms with van der Waals surface area (Å²) in [6.07, 6.45) is 4.24. The molecule has 104 valence electrons. The van der Waals surface area contributed by atoms with Crippen LogP contribution in [0.5, 0.6) is 0 Å². The fourth-order valence-electron chi connectivity index (χ4n) is 2.50. The summed E-state index contributed by atoms with van der Waals surface area (Å²) in [5.74, 6) is -0.247. The van der Waals surface area contributed by atoms with Crippen molar-refractivity contribution in [3.63, 3.8) is 0 Å². The summed E-state index contributed by atoms with van der Waals surface area (Å²) in [4.78, 5) is 12.1. The normalized spacial score (nSPS) is 23.1. The molecular weight excluding hydrogens is 333 g/mol. The van der Waals surface area contributed by atoms with Gasteiger partial charge in [-0.05, 0) is 37.3 Å². The molecule has 1 aliphatic carbocycles. The zero-order valence-corrected chi connectivity index (χ0v) is 12.8. The topological polar surface area (TPSA) is 29.1 Å². The molecule has 1 saturated carbocycles. The van der Waals surface area contributed by atoms with Gasteiger partial charge in [-0.15, -0.1) is 0 Å². The Labute approximate surface area is 125 Å². The number of hydrogen-bond acceptors (Lipinski definition) is 1. The maximum absolute atomic E-state index is 13.3. The quantitative estimate of drug-likeness (QED) is 0.816. The third kappa shape index (κ3) is 3.69. The van der Waals surface area contributed by atoms with Gasteiger partial charge in [0.15, 0.2) is 0 Å². The Morgan fingerprint density at radius 3 is 3.00 bits per heavy atom. The largest absolute Gasteiger partial charge is 0.349 e. The van der Waals surface area contributed by atoms with E-state index in [1.165, 1.54) is 18.6 Å². The van der Waals surface area contributed by atoms with Gasteiger partial charge in [0.05, 0.1) is 10.6 Å². The van der Waals surface area contributed by atoms with Gasteiger partial charge < -0.3 is 5.32 Å². The smallest absolute Gasteiger partial charge is 0.253 e. The van der Waals surface area contributed by atoms with Crippen molar-refractivity contribution in [2.75, 3.05) is 5.33 Å². The van der Waals surface area contributed by atoms with E-state index >= 15 is 0 Å². The highest BCUT2D eigenvalue weighted by atomic mass is 79.9. The van der Waals surface area contributed by atoms with E-state index in [2.05, 4.69) is 21.2 Å². The summed E-state index contributed by atoms with van der Waals surface area (Å²) in [5, 5.41) is 3.81. The molecule has 0 heterocycles. The minimum Gasteiger partial charge on any atom is -0.349 e. The van der Waals surface area contributed by atoms with Gasteiger partial charge in [-0.2, -0.15) is 0 Å². The van der Waals surface area contributed by atoms with Gasteiger partial charge >= 0.3 is 0 Å². The average molecular weight is 349 g/mol. The molecule has 1 N–H and O–H groups in total. The molecule has 2 atom stereocenters. The predicted octanol–water partition coefficient (Wildman–Crippen LogP) is 4.16. The van der Waals surface area contributed by atoms with Crippen molar-refractivity contribution in [1.29, 1.82) is 0 Å². The first-order chi connectivity index (χ1) is 9.11. The van der Waals surface area contributed by atoms with Crippen LogP contribution in [0.15, 0.2) is 18.2 Å². The van der Waals surface area contributed by atoms with Gasteiger partial charge in [-0.1, -0.05) is 40.0 Å². The van der Waals surface area contributed by atoms with Crippen LogP contribution in [0.4, 0.5) is 4.39 Å². The van der Waals surface area contributed by atoms with Crippen LogP contribution in [0.2, 0.25) is 5.02 Å². The summed E-state index contributed by atoms with van der Waals surface area (Å²) in [5.41, 5.74) is 0.211. The maximum Gasteiger partial charge on any atom is 0.253 e. The first-order valence-corrected chi connectivity index (χ1v) is 7.92. The molecule has 0 aliphatic heterocycles. The number of rotatable bonds is 3. The van der Waals surface area contributed by atoms with Crippen molar-refractivity contribution in [3.05, 3.63) is 34.6 Å². The van der Waals surface area contributed by atoms with Crippen molar-refractivity contribution in [1.82, 2.24) is 5.32 Å². The number of carbonyl (C=O) groups is 1. The van der Waals surface area contributed by atoms with E-state index in [1.807, 2.05) is 0 Å². The zero-order valence-electron chi connectivity index (χ0n) is 10.5. The van der Waals surface area contributed by atoms with Crippen LogP contribution < -0.4 is 5.32 Å². The van der Waals surface area contributed by atoms with Crippen LogP contribution in [0.3, 0.4) is 0 Å². The van der Waals surface area contributed by atoms with E-state index in [9.17, 15) is 9.18 Å². The van der Waals surface area contributed by atoms with Gasteiger partial charge in [0.2, 0.25) is 0 Å². The van der Waals surface area contributed by atoms with Crippen LogP contribution in [-0.2, 0) is 0 Å². The Balaban J connectivity index is 2.02. The van der Waals surface area contributed by atoms with Crippen molar-refractivity contribution in [2.45, 2.75) is 31.7 Å². The van der Waals surface area contributed by atoms with Gasteiger partial charge in [-0.25, -0.2) is 4.39 Å². The summed E-state index contributed by atoms with van der Waals surface area (Å²) in [7, 11) is 0. The number of alkyl halides is 1. The van der Waals surface area contributed by atoms with Gasteiger partial charge in [0.25, 0.3) is 5.91 Å². The molecule has 0 bridgehead atoms. The molecule has 1 fully saturated rings. The Morgan fingerprint density at radius 2 is 2.26 bits per heavy atom. The summed E-state index contributed by atoms with van der Waals surface area (Å²) >= 11 is 9.31. The van der Waals surface area contributed by atoms with E-state index in [0.29, 0.717) is 5.92 Å². The van der Waals surface area contributed by atoms with Crippen LogP contribution >= 0.6 is 27.5 Å². The van der Waals surface area contributed by atoms with E-state index < -0.39 is 5.82 Å². The third-order valence-electron chi connectivity index (χ3n) is 3.53. The molecule has 0 radical (unpaired) electrons. The monoisotopic (exact) mass is 347 g/mol. The Bertz CT molecular complexity index is 469. The molecule has 1 aromatic rings. The summed E-state index contributed by atoms with van der Waals surface area (Å²) in [6, 6.07) is 4.45. The summed E-state index contributed by atoms with van der Waals surface area (Å²) in [6.45, 7) is 0. The second-order valence-corrected chi connectivity index (χ2v) is 5.98. The highest BCUT2D eigenvalue weighted by molar-refractivity contribution is 9.09. The molecule has 1 aromatic carbocycles. The van der Waals surface area contributed by atoms with Crippen molar-refractivity contribution < 1.29 is 9.18 Å². The van der Waals surface area contributed by atoms with Crippen LogP contribution in [0, 0.1) is 11.7 Å². The van der Waals surface area contributed by atoms with Crippen molar-refractivity contribution in [3.8, 4) is 0 Å². The lowest BCUT2D eigenvalue weighted by atomic mass is 9.87. The molecular formula is C14H16BrClFNO. The predicted molar refractivity (Wildman–Crippen MR) is 78.4 cm³/mol. The fraction of sp³-hybridized carbons (Fsp3) is 0.500. The van der Waals surface area contributed by atoms with Crippen LogP contribution in [-0.4, -0.2) is 17.3 Å². The number of nitrogens with one attached hydrogen (secondary N) is 1. The Kier molecular flexibility index (Phi) is 5.22. The standard InChI is InChI=1S/C14H16BrClFNO/c15-8-9-3-1-4-10(7-9)18-14(19)11-5-2-6-12(17)13(11)16/h2,5-6,9-10H,1,3-4,7-8H2,(H,18,19). The Hall–Kier alpha value is -0.610. The second-order valence-electron chi connectivity index (χ2n) is 4.96. The number of benzene rings is 1. The van der Waals surface area contributed by atoms with E-state index in [0.717, 1.165) is 24.6 Å². The van der Waals surface area contributed by atoms with Crippen molar-refractivity contribution in [2.24, 2.45) is 5.92 Å². The molecule has 0 saturated heterocycles. The number of carbonyl (C=O) groups excluding carboxylic acids is 1. The molecule has 1 amide bonds. The first-order valence-electron chi connectivity index (χ1n) is 6.42. The highest BCUT2D eigenvalue weighted by Crippen LogP contribution is 2.26. The van der Waals surface area contributed by atoms with Gasteiger partial charge in [0, 0.05) is 11.4 Å². The Morgan fingerprint density at radius 1 is 1.47 bits per heavy atom. The number of amides is 1. The zero-order chi connectivity index (χ0) is 13.8. The number of halogens is 3. The van der Waals surface area contributed by atoms with Crippen molar-refractivity contribution >= 4 is 33.4 Å². The van der Waals surface area contributed by atoms with E-state index in [4.69, 9.17) is 11.6 Å². The second kappa shape index (κ2) is 6.71. The van der Waals surface area contributed by atoms with Gasteiger partial charge in [0.1, 0.15) is 5.82 Å². The highest BCUT2D eigenvalue weighted by Gasteiger charge is 2.24. The SMILES string of the molecule is O=C(NC1CCCC(CBr)C1)c1cccc(F)c1Cl. The van der Waals surface area contributed by atoms with Crippen LogP contribution in [0.25, 0.3) is 0 Å². The number of hydrogen-bond donors (Lipinski definition) is 1. The molecule has 2 rings (SSSR count). The lowest BCUT2D eigenvalue weighted by Crippen LogP contribution is -2.38. The lowest BCUT2D eigenvalue weighted by Gasteiger charge is -2.28. The molecule has 19 heavy (non-hydrogen) atoms. The van der Waals surface area contributed by atoms with E-state index in [-0.39, 0.29) is 22.5 Å². The lowest BCUT2D eigenvalue weighted by molar-refractivity contribution is 0.0921. The molecule has 0 spiro atoms. The third-order valence-corrected chi connectivity index (χ3v) is 4.83.